The molecule has 1 N–H and O–H groups in total. The van der Waals surface area contributed by atoms with Crippen molar-refractivity contribution in [2.45, 2.75) is 24.7 Å². The van der Waals surface area contributed by atoms with E-state index in [1.807, 2.05) is 6.92 Å². The number of unbranched alkanes of at least 4 members (excludes halogenated alkanes) is 1. The van der Waals surface area contributed by atoms with Gasteiger partial charge in [0.2, 0.25) is 10.0 Å². The molecule has 134 valence electrons. The first-order valence-corrected chi connectivity index (χ1v) is 9.42. The first kappa shape index (κ1) is 19.1. The molecule has 0 saturated carbocycles. The van der Waals surface area contributed by atoms with E-state index in [4.69, 9.17) is 4.74 Å². The number of sulfonamides is 1. The summed E-state index contributed by atoms with van der Waals surface area (Å²) in [4.78, 5) is 4.42. The lowest BCUT2D eigenvalue weighted by Gasteiger charge is -2.06. The Morgan fingerprint density at radius 3 is 2.52 bits per heavy atom. The van der Waals surface area contributed by atoms with Crippen molar-refractivity contribution in [3.05, 3.63) is 53.8 Å². The van der Waals surface area contributed by atoms with Crippen molar-refractivity contribution in [3.63, 3.8) is 0 Å². The Hall–Kier alpha value is -2.25. The Morgan fingerprint density at radius 2 is 1.92 bits per heavy atom. The van der Waals surface area contributed by atoms with Gasteiger partial charge in [0.05, 0.1) is 17.7 Å². The van der Waals surface area contributed by atoms with Crippen LogP contribution in [0.3, 0.4) is 0 Å². The van der Waals surface area contributed by atoms with Gasteiger partial charge in [-0.05, 0) is 54.4 Å². The van der Waals surface area contributed by atoms with E-state index in [0.29, 0.717) is 17.8 Å². The van der Waals surface area contributed by atoms with E-state index in [9.17, 15) is 12.8 Å². The number of ether oxygens (including phenoxy) is 1. The molecule has 0 atom stereocenters. The van der Waals surface area contributed by atoms with Crippen molar-refractivity contribution < 1.29 is 17.5 Å². The van der Waals surface area contributed by atoms with Crippen LogP contribution in [-0.4, -0.2) is 28.3 Å². The van der Waals surface area contributed by atoms with E-state index < -0.39 is 15.8 Å². The van der Waals surface area contributed by atoms with Crippen LogP contribution in [0, 0.1) is 5.82 Å². The molecule has 0 aromatic heterocycles. The van der Waals surface area contributed by atoms with E-state index in [0.717, 1.165) is 12.8 Å². The van der Waals surface area contributed by atoms with Gasteiger partial charge in [-0.2, -0.15) is 0 Å². The molecular formula is C18H21FN2O3S. The Kier molecular flexibility index (Phi) is 6.66. The molecule has 25 heavy (non-hydrogen) atoms. The maximum atomic E-state index is 13.6. The molecule has 2 aromatic rings. The van der Waals surface area contributed by atoms with Gasteiger partial charge in [0.25, 0.3) is 0 Å². The standard InChI is InChI=1S/C18H21FN2O3S/c1-3-4-11-21-25(22,23)16-8-6-15(7-9-16)20-13-14-5-10-18(24-2)17(19)12-14/h5-10,12-13,21H,3-4,11H2,1-2H3. The summed E-state index contributed by atoms with van der Waals surface area (Å²) in [5.41, 5.74) is 1.15. The average Bonchev–Trinajstić information content (AvgIpc) is 2.60. The highest BCUT2D eigenvalue weighted by Gasteiger charge is 2.12. The normalized spacial score (nSPS) is 11.8. The molecule has 5 nitrogen and oxygen atoms in total. The molecule has 0 spiro atoms. The Bertz CT molecular complexity index is 834. The van der Waals surface area contributed by atoms with Gasteiger partial charge in [0.15, 0.2) is 11.6 Å². The van der Waals surface area contributed by atoms with Crippen LogP contribution in [0.2, 0.25) is 0 Å². The second-order valence-electron chi connectivity index (χ2n) is 5.40. The highest BCUT2D eigenvalue weighted by molar-refractivity contribution is 7.89. The number of hydrogen-bond donors (Lipinski definition) is 1. The smallest absolute Gasteiger partial charge is 0.240 e. The van der Waals surface area contributed by atoms with Crippen molar-refractivity contribution in [1.82, 2.24) is 4.72 Å². The zero-order chi connectivity index (χ0) is 18.3. The van der Waals surface area contributed by atoms with Crippen LogP contribution < -0.4 is 9.46 Å². The number of nitrogens with one attached hydrogen (secondary N) is 1. The number of aliphatic imine (C=N–C) groups is 1. The van der Waals surface area contributed by atoms with Gasteiger partial charge in [-0.1, -0.05) is 13.3 Å². The second-order valence-corrected chi connectivity index (χ2v) is 7.16. The van der Waals surface area contributed by atoms with Gasteiger partial charge < -0.3 is 4.74 Å². The highest BCUT2D eigenvalue weighted by Crippen LogP contribution is 2.19. The van der Waals surface area contributed by atoms with E-state index in [1.54, 1.807) is 18.2 Å². The average molecular weight is 364 g/mol. The number of rotatable bonds is 8. The minimum absolute atomic E-state index is 0.169. The summed E-state index contributed by atoms with van der Waals surface area (Å²) in [6.45, 7) is 2.41. The van der Waals surface area contributed by atoms with Crippen LogP contribution in [0.25, 0.3) is 0 Å². The monoisotopic (exact) mass is 364 g/mol. The lowest BCUT2D eigenvalue weighted by Crippen LogP contribution is -2.24. The van der Waals surface area contributed by atoms with Crippen LogP contribution in [0.4, 0.5) is 10.1 Å². The molecule has 0 saturated heterocycles. The zero-order valence-electron chi connectivity index (χ0n) is 14.2. The van der Waals surface area contributed by atoms with Gasteiger partial charge >= 0.3 is 0 Å². The zero-order valence-corrected chi connectivity index (χ0v) is 15.0. The van der Waals surface area contributed by atoms with Crippen molar-refractivity contribution >= 4 is 21.9 Å². The molecule has 0 bridgehead atoms. The molecule has 0 unspecified atom stereocenters. The van der Waals surface area contributed by atoms with Crippen LogP contribution in [-0.2, 0) is 10.0 Å². The lowest BCUT2D eigenvalue weighted by atomic mass is 10.2. The van der Waals surface area contributed by atoms with E-state index >= 15 is 0 Å². The summed E-state index contributed by atoms with van der Waals surface area (Å²) in [6, 6.07) is 10.7. The summed E-state index contributed by atoms with van der Waals surface area (Å²) in [6.07, 6.45) is 3.22. The van der Waals surface area contributed by atoms with Gasteiger partial charge in [0.1, 0.15) is 0 Å². The highest BCUT2D eigenvalue weighted by atomic mass is 32.2. The third-order valence-corrected chi connectivity index (χ3v) is 4.98. The Balaban J connectivity index is 2.08. The van der Waals surface area contributed by atoms with Gasteiger partial charge in [-0.15, -0.1) is 0 Å². The molecule has 2 rings (SSSR count). The summed E-state index contributed by atoms with van der Waals surface area (Å²) in [5.74, 6) is -0.298. The molecule has 0 fully saturated rings. The molecule has 0 amide bonds. The largest absolute Gasteiger partial charge is 0.494 e. The second kappa shape index (κ2) is 8.73. The van der Waals surface area contributed by atoms with Crippen molar-refractivity contribution in [1.29, 1.82) is 0 Å². The van der Waals surface area contributed by atoms with Crippen molar-refractivity contribution in [2.75, 3.05) is 13.7 Å². The summed E-state index contributed by atoms with van der Waals surface area (Å²) in [7, 11) is -2.09. The van der Waals surface area contributed by atoms with Crippen LogP contribution in [0.15, 0.2) is 52.4 Å². The third-order valence-electron chi connectivity index (χ3n) is 3.51. The fraction of sp³-hybridized carbons (Fsp3) is 0.278. The van der Waals surface area contributed by atoms with Crippen molar-refractivity contribution in [3.8, 4) is 5.75 Å². The molecular weight excluding hydrogens is 343 g/mol. The topological polar surface area (TPSA) is 67.8 Å². The van der Waals surface area contributed by atoms with Crippen LogP contribution >= 0.6 is 0 Å². The molecule has 0 heterocycles. The van der Waals surface area contributed by atoms with Gasteiger partial charge in [-0.25, -0.2) is 17.5 Å². The molecule has 0 aliphatic heterocycles. The Labute approximate surface area is 147 Å². The molecule has 0 aliphatic rings. The lowest BCUT2D eigenvalue weighted by molar-refractivity contribution is 0.386. The first-order chi connectivity index (χ1) is 12.0. The number of methoxy groups -OCH3 is 1. The molecule has 0 radical (unpaired) electrons. The molecule has 2 aromatic carbocycles. The number of benzene rings is 2. The number of hydrogen-bond acceptors (Lipinski definition) is 4. The quantitative estimate of drug-likeness (QED) is 0.574. The minimum Gasteiger partial charge on any atom is -0.494 e. The summed E-state index contributed by atoms with van der Waals surface area (Å²) in [5, 5.41) is 0. The summed E-state index contributed by atoms with van der Waals surface area (Å²) < 4.78 is 45.2. The van der Waals surface area contributed by atoms with Gasteiger partial charge in [-0.3, -0.25) is 4.99 Å². The predicted octanol–water partition coefficient (Wildman–Crippen LogP) is 3.66. The third kappa shape index (κ3) is 5.37. The summed E-state index contributed by atoms with van der Waals surface area (Å²) >= 11 is 0. The SMILES string of the molecule is CCCCNS(=O)(=O)c1ccc(N=Cc2ccc(OC)c(F)c2)cc1. The Morgan fingerprint density at radius 1 is 1.20 bits per heavy atom. The predicted molar refractivity (Wildman–Crippen MR) is 96.7 cm³/mol. The fourth-order valence-corrected chi connectivity index (χ4v) is 3.16. The van der Waals surface area contributed by atoms with Crippen LogP contribution in [0.1, 0.15) is 25.3 Å². The van der Waals surface area contributed by atoms with E-state index in [-0.39, 0.29) is 10.6 Å². The molecule has 0 aliphatic carbocycles. The van der Waals surface area contributed by atoms with Crippen LogP contribution in [0.5, 0.6) is 5.75 Å². The number of nitrogens with zero attached hydrogens (tertiary/aromatic N) is 1. The molecule has 7 heteroatoms. The van der Waals surface area contributed by atoms with E-state index in [2.05, 4.69) is 9.71 Å². The fourth-order valence-electron chi connectivity index (χ4n) is 2.09. The maximum Gasteiger partial charge on any atom is 0.240 e. The number of halogens is 1. The van der Waals surface area contributed by atoms with Gasteiger partial charge in [0, 0.05) is 12.8 Å². The van der Waals surface area contributed by atoms with E-state index in [1.165, 1.54) is 37.6 Å². The minimum atomic E-state index is -3.50. The van der Waals surface area contributed by atoms with Crippen molar-refractivity contribution in [2.24, 2.45) is 4.99 Å². The maximum absolute atomic E-state index is 13.6. The first-order valence-electron chi connectivity index (χ1n) is 7.93.